The zero-order valence-corrected chi connectivity index (χ0v) is 17.3. The van der Waals surface area contributed by atoms with E-state index in [0.717, 1.165) is 23.1 Å². The lowest BCUT2D eigenvalue weighted by molar-refractivity contribution is -0.165. The van der Waals surface area contributed by atoms with E-state index in [1.807, 2.05) is 50.2 Å². The van der Waals surface area contributed by atoms with Crippen molar-refractivity contribution in [3.05, 3.63) is 60.2 Å². The standard InChI is InChI=1S/C24H30N2O3/c1-3-14-25-23(28)24(18-26(15-16-29-24)22(27)4-2)17-20-12-8-9-13-21(20)19-10-6-5-7-11-19/h5-13H,3-4,14-18H2,1-2H3,(H,25,28). The van der Waals surface area contributed by atoms with Gasteiger partial charge in [-0.2, -0.15) is 0 Å². The van der Waals surface area contributed by atoms with Crippen LogP contribution in [0, 0.1) is 0 Å². The summed E-state index contributed by atoms with van der Waals surface area (Å²) in [6.45, 7) is 5.62. The number of carbonyl (C=O) groups is 2. The summed E-state index contributed by atoms with van der Waals surface area (Å²) in [5.41, 5.74) is 2.14. The number of amides is 2. The van der Waals surface area contributed by atoms with Crippen molar-refractivity contribution < 1.29 is 14.3 Å². The molecule has 1 N–H and O–H groups in total. The normalized spacial score (nSPS) is 19.0. The number of rotatable bonds is 7. The highest BCUT2D eigenvalue weighted by Crippen LogP contribution is 2.30. The van der Waals surface area contributed by atoms with Crippen LogP contribution < -0.4 is 5.32 Å². The Hall–Kier alpha value is -2.66. The number of morpholine rings is 1. The Morgan fingerprint density at radius 3 is 2.52 bits per heavy atom. The lowest BCUT2D eigenvalue weighted by Crippen LogP contribution is -2.62. The molecular weight excluding hydrogens is 364 g/mol. The second-order valence-electron chi connectivity index (χ2n) is 7.47. The van der Waals surface area contributed by atoms with E-state index in [2.05, 4.69) is 23.5 Å². The largest absolute Gasteiger partial charge is 0.361 e. The molecule has 1 unspecified atom stereocenters. The Bertz CT molecular complexity index is 837. The second-order valence-corrected chi connectivity index (χ2v) is 7.47. The minimum atomic E-state index is -1.08. The van der Waals surface area contributed by atoms with Crippen molar-refractivity contribution in [2.75, 3.05) is 26.2 Å². The van der Waals surface area contributed by atoms with Gasteiger partial charge >= 0.3 is 0 Å². The van der Waals surface area contributed by atoms with Crippen molar-refractivity contribution in [3.63, 3.8) is 0 Å². The molecule has 1 atom stereocenters. The topological polar surface area (TPSA) is 58.6 Å². The highest BCUT2D eigenvalue weighted by molar-refractivity contribution is 5.88. The SMILES string of the molecule is CCCNC(=O)C1(Cc2ccccc2-c2ccccc2)CN(C(=O)CC)CCO1. The number of nitrogens with one attached hydrogen (secondary N) is 1. The number of ether oxygens (including phenoxy) is 1. The summed E-state index contributed by atoms with van der Waals surface area (Å²) in [5.74, 6) is -0.0897. The summed E-state index contributed by atoms with van der Waals surface area (Å²) >= 11 is 0. The molecule has 5 heteroatoms. The van der Waals surface area contributed by atoms with Gasteiger partial charge in [-0.3, -0.25) is 9.59 Å². The van der Waals surface area contributed by atoms with E-state index in [9.17, 15) is 9.59 Å². The Kier molecular flexibility index (Phi) is 7.04. The fourth-order valence-corrected chi connectivity index (χ4v) is 3.83. The molecule has 0 aliphatic carbocycles. The van der Waals surface area contributed by atoms with Gasteiger partial charge in [-0.15, -0.1) is 0 Å². The van der Waals surface area contributed by atoms with E-state index >= 15 is 0 Å². The summed E-state index contributed by atoms with van der Waals surface area (Å²) < 4.78 is 6.14. The average molecular weight is 395 g/mol. The van der Waals surface area contributed by atoms with Crippen LogP contribution in [-0.4, -0.2) is 48.6 Å². The first kappa shape index (κ1) is 21.1. The van der Waals surface area contributed by atoms with Crippen LogP contribution in [-0.2, 0) is 20.7 Å². The Morgan fingerprint density at radius 1 is 1.07 bits per heavy atom. The quantitative estimate of drug-likeness (QED) is 0.783. The van der Waals surface area contributed by atoms with Gasteiger partial charge in [0, 0.05) is 25.9 Å². The van der Waals surface area contributed by atoms with Crippen molar-refractivity contribution in [1.82, 2.24) is 10.2 Å². The molecule has 0 spiro atoms. The van der Waals surface area contributed by atoms with Gasteiger partial charge in [0.15, 0.2) is 5.60 Å². The molecule has 0 radical (unpaired) electrons. The Balaban J connectivity index is 1.96. The monoisotopic (exact) mass is 394 g/mol. The van der Waals surface area contributed by atoms with Crippen LogP contribution in [0.4, 0.5) is 0 Å². The molecule has 3 rings (SSSR count). The first-order chi connectivity index (χ1) is 14.1. The third-order valence-corrected chi connectivity index (χ3v) is 5.37. The molecule has 2 amide bonds. The molecule has 1 aliphatic rings. The highest BCUT2D eigenvalue weighted by atomic mass is 16.5. The van der Waals surface area contributed by atoms with Gasteiger partial charge < -0.3 is 15.0 Å². The average Bonchev–Trinajstić information content (AvgIpc) is 2.78. The number of benzene rings is 2. The fourth-order valence-electron chi connectivity index (χ4n) is 3.83. The Labute approximate surface area is 173 Å². The lowest BCUT2D eigenvalue weighted by Gasteiger charge is -2.42. The molecule has 1 heterocycles. The van der Waals surface area contributed by atoms with Crippen molar-refractivity contribution >= 4 is 11.8 Å². The predicted molar refractivity (Wildman–Crippen MR) is 114 cm³/mol. The summed E-state index contributed by atoms with van der Waals surface area (Å²) in [6.07, 6.45) is 1.69. The van der Waals surface area contributed by atoms with E-state index in [4.69, 9.17) is 4.74 Å². The van der Waals surface area contributed by atoms with Crippen LogP contribution in [0.1, 0.15) is 32.3 Å². The molecule has 5 nitrogen and oxygen atoms in total. The van der Waals surface area contributed by atoms with Crippen LogP contribution in [0.2, 0.25) is 0 Å². The third-order valence-electron chi connectivity index (χ3n) is 5.37. The maximum atomic E-state index is 13.2. The first-order valence-corrected chi connectivity index (χ1v) is 10.4. The lowest BCUT2D eigenvalue weighted by atomic mass is 9.87. The molecule has 1 saturated heterocycles. The molecule has 0 saturated carbocycles. The maximum Gasteiger partial charge on any atom is 0.254 e. The van der Waals surface area contributed by atoms with E-state index in [1.54, 1.807) is 4.90 Å². The van der Waals surface area contributed by atoms with E-state index in [0.29, 0.717) is 32.5 Å². The number of carbonyl (C=O) groups excluding carboxylic acids is 2. The molecule has 0 aromatic heterocycles. The molecule has 29 heavy (non-hydrogen) atoms. The van der Waals surface area contributed by atoms with Crippen molar-refractivity contribution in [2.45, 2.75) is 38.7 Å². The minimum absolute atomic E-state index is 0.0531. The van der Waals surface area contributed by atoms with Gasteiger partial charge in [-0.05, 0) is 23.1 Å². The maximum absolute atomic E-state index is 13.2. The van der Waals surface area contributed by atoms with Crippen molar-refractivity contribution in [1.29, 1.82) is 0 Å². The van der Waals surface area contributed by atoms with Gasteiger partial charge in [0.05, 0.1) is 13.2 Å². The van der Waals surface area contributed by atoms with Gasteiger partial charge in [0.25, 0.3) is 5.91 Å². The van der Waals surface area contributed by atoms with Gasteiger partial charge in [-0.25, -0.2) is 0 Å². The molecule has 2 aromatic carbocycles. The highest BCUT2D eigenvalue weighted by Gasteiger charge is 2.45. The predicted octanol–water partition coefficient (Wildman–Crippen LogP) is 3.43. The van der Waals surface area contributed by atoms with Crippen molar-refractivity contribution in [3.8, 4) is 11.1 Å². The number of hydrogen-bond donors (Lipinski definition) is 1. The van der Waals surface area contributed by atoms with Crippen LogP contribution in [0.5, 0.6) is 0 Å². The summed E-state index contributed by atoms with van der Waals surface area (Å²) in [7, 11) is 0. The molecule has 1 fully saturated rings. The summed E-state index contributed by atoms with van der Waals surface area (Å²) in [5, 5.41) is 3.00. The van der Waals surface area contributed by atoms with Gasteiger partial charge in [0.2, 0.25) is 5.91 Å². The first-order valence-electron chi connectivity index (χ1n) is 10.4. The molecule has 0 bridgehead atoms. The van der Waals surface area contributed by atoms with Crippen LogP contribution in [0.25, 0.3) is 11.1 Å². The summed E-state index contributed by atoms with van der Waals surface area (Å²) in [4.78, 5) is 27.3. The number of hydrogen-bond acceptors (Lipinski definition) is 3. The minimum Gasteiger partial charge on any atom is -0.361 e. The fraction of sp³-hybridized carbons (Fsp3) is 0.417. The Morgan fingerprint density at radius 2 is 1.79 bits per heavy atom. The van der Waals surface area contributed by atoms with Crippen LogP contribution in [0.15, 0.2) is 54.6 Å². The van der Waals surface area contributed by atoms with Crippen LogP contribution in [0.3, 0.4) is 0 Å². The smallest absolute Gasteiger partial charge is 0.254 e. The zero-order chi connectivity index (χ0) is 20.7. The van der Waals surface area contributed by atoms with Crippen molar-refractivity contribution in [2.24, 2.45) is 0 Å². The molecule has 1 aliphatic heterocycles. The van der Waals surface area contributed by atoms with Crippen LogP contribution >= 0.6 is 0 Å². The number of nitrogens with zero attached hydrogens (tertiary/aromatic N) is 1. The zero-order valence-electron chi connectivity index (χ0n) is 17.3. The molecule has 154 valence electrons. The van der Waals surface area contributed by atoms with E-state index in [-0.39, 0.29) is 18.4 Å². The van der Waals surface area contributed by atoms with Gasteiger partial charge in [0.1, 0.15) is 0 Å². The van der Waals surface area contributed by atoms with Gasteiger partial charge in [-0.1, -0.05) is 68.4 Å². The van der Waals surface area contributed by atoms with E-state index < -0.39 is 5.60 Å². The molecular formula is C24H30N2O3. The third kappa shape index (κ3) is 4.85. The molecule has 2 aromatic rings. The second kappa shape index (κ2) is 9.70. The van der Waals surface area contributed by atoms with E-state index in [1.165, 1.54) is 0 Å². The summed E-state index contributed by atoms with van der Waals surface area (Å²) in [6, 6.07) is 18.2.